The van der Waals surface area contributed by atoms with Gasteiger partial charge in [-0.25, -0.2) is 4.98 Å². The Morgan fingerprint density at radius 3 is 2.74 bits per heavy atom. The third-order valence-corrected chi connectivity index (χ3v) is 5.67. The first-order valence-corrected chi connectivity index (χ1v) is 11.8. The Kier molecular flexibility index (Phi) is 11.5. The van der Waals surface area contributed by atoms with Gasteiger partial charge in [-0.05, 0) is 31.2 Å². The number of carbonyl (C=O) groups is 2. The maximum Gasteiger partial charge on any atom is 0.303 e. The second-order valence-corrected chi connectivity index (χ2v) is 8.32. The summed E-state index contributed by atoms with van der Waals surface area (Å²) in [6.07, 6.45) is 12.1. The average Bonchev–Trinajstić information content (AvgIpc) is 3.24. The highest BCUT2D eigenvalue weighted by Crippen LogP contribution is 2.16. The van der Waals surface area contributed by atoms with Crippen LogP contribution in [0, 0.1) is 0 Å². The normalized spacial score (nSPS) is 12.2. The Labute approximate surface area is 188 Å². The lowest BCUT2D eigenvalue weighted by molar-refractivity contribution is -0.137. The quantitative estimate of drug-likeness (QED) is 0.305. The summed E-state index contributed by atoms with van der Waals surface area (Å²) in [5, 5.41) is 16.4. The first-order chi connectivity index (χ1) is 15.1. The molecule has 0 saturated carbocycles. The van der Waals surface area contributed by atoms with Crippen molar-refractivity contribution in [3.8, 4) is 11.4 Å². The molecule has 0 unspecified atom stereocenters. The van der Waals surface area contributed by atoms with E-state index in [2.05, 4.69) is 28.4 Å². The van der Waals surface area contributed by atoms with Gasteiger partial charge in [-0.3, -0.25) is 9.59 Å². The van der Waals surface area contributed by atoms with E-state index in [4.69, 9.17) is 5.11 Å². The molecule has 0 saturated heterocycles. The van der Waals surface area contributed by atoms with Gasteiger partial charge in [0.05, 0.1) is 0 Å². The van der Waals surface area contributed by atoms with E-state index in [-0.39, 0.29) is 18.4 Å². The zero-order chi connectivity index (χ0) is 22.3. The maximum absolute atomic E-state index is 12.3. The van der Waals surface area contributed by atoms with E-state index in [1.165, 1.54) is 31.2 Å². The van der Waals surface area contributed by atoms with Crippen LogP contribution < -0.4 is 5.32 Å². The molecule has 0 aliphatic heterocycles. The number of hydrogen-bond donors (Lipinski definition) is 2. The average molecular weight is 445 g/mol. The molecule has 1 aromatic carbocycles. The number of nitrogens with zero attached hydrogens (tertiary/aromatic N) is 3. The van der Waals surface area contributed by atoms with Crippen LogP contribution in [0.4, 0.5) is 0 Å². The van der Waals surface area contributed by atoms with E-state index in [0.29, 0.717) is 24.4 Å². The highest BCUT2D eigenvalue weighted by atomic mass is 32.2. The molecule has 8 heteroatoms. The fraction of sp³-hybridized carbons (Fsp3) is 0.478. The minimum atomic E-state index is -0.872. The lowest BCUT2D eigenvalue weighted by atomic mass is 10.1. The Hall–Kier alpha value is -2.61. The van der Waals surface area contributed by atoms with Crippen molar-refractivity contribution in [1.29, 1.82) is 0 Å². The summed E-state index contributed by atoms with van der Waals surface area (Å²) in [6, 6.07) is 9.43. The molecular weight excluding hydrogens is 412 g/mol. The van der Waals surface area contributed by atoms with Gasteiger partial charge >= 0.3 is 5.97 Å². The molecule has 168 valence electrons. The van der Waals surface area contributed by atoms with Crippen LogP contribution in [0.15, 0.2) is 48.8 Å². The predicted octanol–water partition coefficient (Wildman–Crippen LogP) is 4.71. The Balaban J connectivity index is 1.81. The molecule has 2 aromatic rings. The second kappa shape index (κ2) is 14.4. The summed E-state index contributed by atoms with van der Waals surface area (Å²) < 4.78 is 1.65. The lowest BCUT2D eigenvalue weighted by Crippen LogP contribution is -2.37. The number of benzene rings is 1. The number of hydrogen-bond acceptors (Lipinski definition) is 5. The highest BCUT2D eigenvalue weighted by molar-refractivity contribution is 7.97. The van der Waals surface area contributed by atoms with Crippen LogP contribution in [0.5, 0.6) is 0 Å². The van der Waals surface area contributed by atoms with E-state index in [9.17, 15) is 9.59 Å². The van der Waals surface area contributed by atoms with Crippen molar-refractivity contribution in [2.24, 2.45) is 0 Å². The molecule has 0 radical (unpaired) electrons. The summed E-state index contributed by atoms with van der Waals surface area (Å²) in [7, 11) is 0. The number of nitrogens with one attached hydrogen (secondary N) is 1. The SMILES string of the molecule is CCCCCCC=CCC(=O)N[C@@H](CCC(=O)O)CSn1cnc(-c2ccccc2)n1. The molecule has 1 atom stereocenters. The fourth-order valence-corrected chi connectivity index (χ4v) is 3.81. The van der Waals surface area contributed by atoms with Crippen molar-refractivity contribution in [2.45, 2.75) is 64.3 Å². The lowest BCUT2D eigenvalue weighted by Gasteiger charge is -2.17. The summed E-state index contributed by atoms with van der Waals surface area (Å²) in [5.74, 6) is 0.174. The van der Waals surface area contributed by atoms with Gasteiger partial charge in [0.1, 0.15) is 6.33 Å². The number of carbonyl (C=O) groups excluding carboxylic acids is 1. The van der Waals surface area contributed by atoms with Gasteiger partial charge in [-0.15, -0.1) is 5.10 Å². The number of amides is 1. The Morgan fingerprint density at radius 2 is 2.00 bits per heavy atom. The number of aromatic nitrogens is 3. The van der Waals surface area contributed by atoms with E-state index in [0.717, 1.165) is 18.4 Å². The van der Waals surface area contributed by atoms with Crippen LogP contribution in [0.2, 0.25) is 0 Å². The maximum atomic E-state index is 12.3. The molecule has 0 spiro atoms. The Bertz CT molecular complexity index is 823. The van der Waals surface area contributed by atoms with Gasteiger partial charge in [0.2, 0.25) is 5.91 Å². The van der Waals surface area contributed by atoms with Gasteiger partial charge in [0.25, 0.3) is 0 Å². The van der Waals surface area contributed by atoms with Crippen molar-refractivity contribution in [3.05, 3.63) is 48.8 Å². The molecular formula is C23H32N4O3S. The number of unbranched alkanes of at least 4 members (excludes halogenated alkanes) is 4. The van der Waals surface area contributed by atoms with Crippen LogP contribution >= 0.6 is 11.9 Å². The first-order valence-electron chi connectivity index (χ1n) is 10.8. The second-order valence-electron chi connectivity index (χ2n) is 7.35. The smallest absolute Gasteiger partial charge is 0.303 e. The third kappa shape index (κ3) is 10.3. The molecule has 31 heavy (non-hydrogen) atoms. The number of allylic oxidation sites excluding steroid dienone is 1. The van der Waals surface area contributed by atoms with E-state index in [1.807, 2.05) is 36.4 Å². The predicted molar refractivity (Wildman–Crippen MR) is 125 cm³/mol. The molecule has 7 nitrogen and oxygen atoms in total. The van der Waals surface area contributed by atoms with Crippen molar-refractivity contribution < 1.29 is 14.7 Å². The zero-order valence-electron chi connectivity index (χ0n) is 18.1. The number of carboxylic acids is 1. The van der Waals surface area contributed by atoms with Crippen LogP contribution in [0.3, 0.4) is 0 Å². The summed E-state index contributed by atoms with van der Waals surface area (Å²) >= 11 is 1.39. The molecule has 0 fully saturated rings. The number of rotatable bonds is 15. The van der Waals surface area contributed by atoms with E-state index in [1.54, 1.807) is 10.4 Å². The van der Waals surface area contributed by atoms with Crippen LogP contribution in [-0.4, -0.2) is 42.9 Å². The van der Waals surface area contributed by atoms with Gasteiger partial charge < -0.3 is 10.4 Å². The van der Waals surface area contributed by atoms with Crippen LogP contribution in [0.25, 0.3) is 11.4 Å². The summed E-state index contributed by atoms with van der Waals surface area (Å²) in [4.78, 5) is 27.6. The summed E-state index contributed by atoms with van der Waals surface area (Å²) in [6.45, 7) is 2.18. The van der Waals surface area contributed by atoms with E-state index < -0.39 is 5.97 Å². The third-order valence-electron chi connectivity index (χ3n) is 4.68. The van der Waals surface area contributed by atoms with Crippen LogP contribution in [0.1, 0.15) is 58.3 Å². The monoisotopic (exact) mass is 444 g/mol. The van der Waals surface area contributed by atoms with Crippen LogP contribution in [-0.2, 0) is 9.59 Å². The van der Waals surface area contributed by atoms with Gasteiger partial charge in [0.15, 0.2) is 5.82 Å². The molecule has 1 heterocycles. The van der Waals surface area contributed by atoms with Gasteiger partial charge in [0, 0.05) is 30.2 Å². The van der Waals surface area contributed by atoms with Crippen molar-refractivity contribution in [3.63, 3.8) is 0 Å². The standard InChI is InChI=1S/C23H32N4O3S/c1-2-3-4-5-6-7-11-14-21(28)25-20(15-16-22(29)30)17-31-27-18-24-23(26-27)19-12-9-8-10-13-19/h7-13,18,20H,2-6,14-17H2,1H3,(H,25,28)(H,29,30)/t20-/m0/s1. The summed E-state index contributed by atoms with van der Waals surface area (Å²) in [5.41, 5.74) is 0.930. The van der Waals surface area contributed by atoms with Crippen molar-refractivity contribution in [2.75, 3.05) is 5.75 Å². The van der Waals surface area contributed by atoms with E-state index >= 15 is 0 Å². The number of carboxylic acid groups (broad SMARTS) is 1. The highest BCUT2D eigenvalue weighted by Gasteiger charge is 2.15. The van der Waals surface area contributed by atoms with Crippen molar-refractivity contribution in [1.82, 2.24) is 19.5 Å². The fourth-order valence-electron chi connectivity index (χ4n) is 2.98. The number of aliphatic carboxylic acids is 1. The largest absolute Gasteiger partial charge is 0.481 e. The molecule has 1 aromatic heterocycles. The first kappa shape index (κ1) is 24.7. The van der Waals surface area contributed by atoms with Gasteiger partial charge in [-0.1, -0.05) is 68.7 Å². The van der Waals surface area contributed by atoms with Gasteiger partial charge in [-0.2, -0.15) is 4.09 Å². The minimum absolute atomic E-state index is 0.00535. The molecule has 1 amide bonds. The zero-order valence-corrected chi connectivity index (χ0v) is 18.9. The molecule has 0 aliphatic rings. The molecule has 2 rings (SSSR count). The van der Waals surface area contributed by atoms with Crippen molar-refractivity contribution >= 4 is 23.8 Å². The molecule has 0 aliphatic carbocycles. The Morgan fingerprint density at radius 1 is 1.19 bits per heavy atom. The molecule has 2 N–H and O–H groups in total. The minimum Gasteiger partial charge on any atom is -0.481 e. The topological polar surface area (TPSA) is 97.1 Å². The molecule has 0 bridgehead atoms.